The first-order chi connectivity index (χ1) is 26.7. The van der Waals surface area contributed by atoms with Gasteiger partial charge in [0.1, 0.15) is 0 Å². The zero-order valence-electron chi connectivity index (χ0n) is 39.7. The van der Waals surface area contributed by atoms with Crippen LogP contribution in [0.25, 0.3) is 0 Å². The Bertz CT molecular complexity index is 1110. The molecule has 56 heavy (non-hydrogen) atoms. The Morgan fingerprint density at radius 3 is 2.14 bits per heavy atom. The molecule has 0 saturated heterocycles. The Kier molecular flexibility index (Phi) is 23.4. The normalized spacial score (nSPS) is 33.0. The number of nitrogens with two attached hydrogens (primary N) is 1. The first-order valence-corrected chi connectivity index (χ1v) is 24.5. The van der Waals surface area contributed by atoms with Gasteiger partial charge in [-0.15, -0.1) is 6.58 Å². The van der Waals surface area contributed by atoms with Crippen LogP contribution < -0.4 is 16.4 Å². The van der Waals surface area contributed by atoms with E-state index in [1.54, 1.807) is 0 Å². The summed E-state index contributed by atoms with van der Waals surface area (Å²) in [6.45, 7) is 39.1. The molecule has 328 valence electrons. The summed E-state index contributed by atoms with van der Waals surface area (Å²) in [5.41, 5.74) is 8.44. The van der Waals surface area contributed by atoms with Gasteiger partial charge in [0.2, 0.25) is 0 Å². The zero-order chi connectivity index (χ0) is 41.9. The predicted molar refractivity (Wildman–Crippen MR) is 246 cm³/mol. The molecule has 0 radical (unpaired) electrons. The molecule has 0 spiro atoms. The molecule has 0 amide bonds. The van der Waals surface area contributed by atoms with Crippen molar-refractivity contribution in [3.05, 3.63) is 12.7 Å². The first-order valence-electron chi connectivity index (χ1n) is 24.5. The molecule has 4 fully saturated rings. The summed E-state index contributed by atoms with van der Waals surface area (Å²) >= 11 is 0. The van der Waals surface area contributed by atoms with E-state index in [1.807, 2.05) is 13.0 Å². The van der Waals surface area contributed by atoms with E-state index in [1.165, 1.54) is 116 Å². The maximum atomic E-state index is 7.63. The van der Waals surface area contributed by atoms with Gasteiger partial charge in [-0.05, 0) is 157 Å². The SMILES string of the molecule is C=CCCC(C)C1CCC2C3CCC4(N)CC(NC(C)CNC(C)C(CCCC)N(CC)CCN(CC)CCC)CCC4(C)C3CCC12C.CCC.CCC#N. The van der Waals surface area contributed by atoms with Gasteiger partial charge in [0.15, 0.2) is 0 Å². The Balaban J connectivity index is 0.00000143. The highest BCUT2D eigenvalue weighted by Crippen LogP contribution is 2.68. The molecular formula is C50H98N6. The Hall–Kier alpha value is -0.970. The Morgan fingerprint density at radius 1 is 0.857 bits per heavy atom. The number of nitrogens with one attached hydrogen (secondary N) is 2. The zero-order valence-corrected chi connectivity index (χ0v) is 39.7. The van der Waals surface area contributed by atoms with Crippen LogP contribution in [0.4, 0.5) is 0 Å². The fourth-order valence-corrected chi connectivity index (χ4v) is 12.7. The summed E-state index contributed by atoms with van der Waals surface area (Å²) in [4.78, 5) is 5.39. The van der Waals surface area contributed by atoms with Crippen molar-refractivity contribution in [2.24, 2.45) is 46.2 Å². The number of likely N-dealkylation sites (N-methyl/N-ethyl adjacent to an activating group) is 2. The molecule has 4 aliphatic carbocycles. The average Bonchev–Trinajstić information content (AvgIpc) is 3.54. The molecule has 6 heteroatoms. The average molecular weight is 783 g/mol. The van der Waals surface area contributed by atoms with E-state index in [0.29, 0.717) is 41.4 Å². The van der Waals surface area contributed by atoms with Gasteiger partial charge in [0.05, 0.1) is 6.07 Å². The van der Waals surface area contributed by atoms with Crippen LogP contribution in [0.3, 0.4) is 0 Å². The maximum Gasteiger partial charge on any atom is 0.0618 e. The highest BCUT2D eigenvalue weighted by Gasteiger charge is 2.64. The van der Waals surface area contributed by atoms with Crippen molar-refractivity contribution in [2.45, 2.75) is 222 Å². The van der Waals surface area contributed by atoms with Crippen molar-refractivity contribution in [3.63, 3.8) is 0 Å². The highest BCUT2D eigenvalue weighted by atomic mass is 15.2. The smallest absolute Gasteiger partial charge is 0.0618 e. The molecule has 0 bridgehead atoms. The number of rotatable bonds is 21. The van der Waals surface area contributed by atoms with Crippen LogP contribution in [-0.2, 0) is 0 Å². The molecule has 4 aliphatic rings. The van der Waals surface area contributed by atoms with Crippen molar-refractivity contribution < 1.29 is 0 Å². The monoisotopic (exact) mass is 783 g/mol. The second kappa shape index (κ2) is 25.6. The second-order valence-corrected chi connectivity index (χ2v) is 19.8. The van der Waals surface area contributed by atoms with E-state index in [4.69, 9.17) is 11.0 Å². The van der Waals surface area contributed by atoms with E-state index < -0.39 is 0 Å². The molecule has 0 aliphatic heterocycles. The lowest BCUT2D eigenvalue weighted by molar-refractivity contribution is -0.129. The Morgan fingerprint density at radius 2 is 1.55 bits per heavy atom. The van der Waals surface area contributed by atoms with Gasteiger partial charge in [-0.1, -0.05) is 94.6 Å². The molecule has 6 nitrogen and oxygen atoms in total. The van der Waals surface area contributed by atoms with E-state index in [0.717, 1.165) is 55.6 Å². The van der Waals surface area contributed by atoms with Gasteiger partial charge in [-0.3, -0.25) is 4.90 Å². The predicted octanol–water partition coefficient (Wildman–Crippen LogP) is 11.6. The molecule has 12 unspecified atom stereocenters. The van der Waals surface area contributed by atoms with Crippen LogP contribution >= 0.6 is 0 Å². The molecule has 4 saturated carbocycles. The number of nitrogens with zero attached hydrogens (tertiary/aromatic N) is 3. The molecule has 0 heterocycles. The number of hydrogen-bond acceptors (Lipinski definition) is 6. The van der Waals surface area contributed by atoms with Crippen molar-refractivity contribution in [1.82, 2.24) is 20.4 Å². The van der Waals surface area contributed by atoms with Gasteiger partial charge in [0.25, 0.3) is 0 Å². The van der Waals surface area contributed by atoms with E-state index in [-0.39, 0.29) is 5.54 Å². The summed E-state index contributed by atoms with van der Waals surface area (Å²) < 4.78 is 0. The molecule has 4 rings (SSSR count). The third-order valence-corrected chi connectivity index (χ3v) is 15.9. The molecule has 0 aromatic rings. The topological polar surface area (TPSA) is 80.3 Å². The standard InChI is InChI=1S/C44H85N5.C3H5N.C3H8/c1-11-16-18-33(6)38-20-21-39-37-23-27-44(45)31-36(22-26-43(44,10)40(37)24-25-42(38,39)9)47-34(7)32-46-35(8)41(19-17-12-2)49(15-5)30-29-48(14-4)28-13-3;1-2-3-4;1-3-2/h11,33-41,46-47H,1,12-32,45H2,2-10H3;2H2,1H3;3H2,1-2H3. The summed E-state index contributed by atoms with van der Waals surface area (Å²) in [5, 5.41) is 15.8. The summed E-state index contributed by atoms with van der Waals surface area (Å²) in [6, 6.07) is 4.00. The van der Waals surface area contributed by atoms with Crippen LogP contribution in [0.15, 0.2) is 12.7 Å². The molecule has 4 N–H and O–H groups in total. The quantitative estimate of drug-likeness (QED) is 0.101. The molecule has 0 aromatic heterocycles. The van der Waals surface area contributed by atoms with Crippen molar-refractivity contribution >= 4 is 0 Å². The third-order valence-electron chi connectivity index (χ3n) is 15.9. The lowest BCUT2D eigenvalue weighted by Gasteiger charge is -2.65. The highest BCUT2D eigenvalue weighted by molar-refractivity contribution is 5.17. The van der Waals surface area contributed by atoms with Gasteiger partial charge < -0.3 is 21.3 Å². The summed E-state index contributed by atoms with van der Waals surface area (Å²) in [6.07, 6.45) is 23.7. The fourth-order valence-electron chi connectivity index (χ4n) is 12.7. The summed E-state index contributed by atoms with van der Waals surface area (Å²) in [7, 11) is 0. The van der Waals surface area contributed by atoms with Gasteiger partial charge in [-0.25, -0.2) is 0 Å². The summed E-state index contributed by atoms with van der Waals surface area (Å²) in [5.74, 6) is 4.36. The minimum absolute atomic E-state index is 0.0233. The minimum Gasteiger partial charge on any atom is -0.325 e. The van der Waals surface area contributed by atoms with Crippen LogP contribution in [0.5, 0.6) is 0 Å². The van der Waals surface area contributed by atoms with Crippen molar-refractivity contribution in [3.8, 4) is 6.07 Å². The van der Waals surface area contributed by atoms with Gasteiger partial charge in [0, 0.05) is 55.8 Å². The number of unbranched alkanes of at least 4 members (excludes halogenated alkanes) is 1. The number of allylic oxidation sites excluding steroid dienone is 1. The first kappa shape index (κ1) is 51.2. The lowest BCUT2D eigenvalue weighted by Crippen LogP contribution is -2.68. The maximum absolute atomic E-state index is 7.63. The molecule has 12 atom stereocenters. The van der Waals surface area contributed by atoms with Gasteiger partial charge in [-0.2, -0.15) is 5.26 Å². The van der Waals surface area contributed by atoms with E-state index in [2.05, 4.69) is 109 Å². The lowest BCUT2D eigenvalue weighted by atomic mass is 9.42. The van der Waals surface area contributed by atoms with Crippen LogP contribution in [0, 0.1) is 51.8 Å². The van der Waals surface area contributed by atoms with E-state index >= 15 is 0 Å². The molecular weight excluding hydrogens is 685 g/mol. The number of hydrogen-bond donors (Lipinski definition) is 3. The van der Waals surface area contributed by atoms with E-state index in [9.17, 15) is 0 Å². The third kappa shape index (κ3) is 13.3. The van der Waals surface area contributed by atoms with Crippen molar-refractivity contribution in [2.75, 3.05) is 39.3 Å². The number of fused-ring (bicyclic) bond motifs is 5. The fraction of sp³-hybridized carbons (Fsp3) is 0.940. The Labute approximate surface area is 350 Å². The van der Waals surface area contributed by atoms with Gasteiger partial charge >= 0.3 is 0 Å². The van der Waals surface area contributed by atoms with Crippen LogP contribution in [-0.4, -0.2) is 78.8 Å². The van der Waals surface area contributed by atoms with Crippen LogP contribution in [0.1, 0.15) is 192 Å². The molecule has 0 aromatic carbocycles. The van der Waals surface area contributed by atoms with Crippen molar-refractivity contribution in [1.29, 1.82) is 5.26 Å². The number of nitriles is 1. The second-order valence-electron chi connectivity index (χ2n) is 19.8. The van der Waals surface area contributed by atoms with Crippen LogP contribution in [0.2, 0.25) is 0 Å². The largest absolute Gasteiger partial charge is 0.325 e. The minimum atomic E-state index is -0.0233.